The number of esters is 1. The van der Waals surface area contributed by atoms with E-state index < -0.39 is 0 Å². The molecule has 2 aliphatic rings. The highest BCUT2D eigenvalue weighted by atomic mass is 16.6. The number of ether oxygens (including phenoxy) is 1. The van der Waals surface area contributed by atoms with Crippen LogP contribution in [-0.4, -0.2) is 35.9 Å². The van der Waals surface area contributed by atoms with E-state index in [1.165, 1.54) is 32.1 Å². The molecule has 0 aromatic rings. The molecular weight excluding hydrogens is 297 g/mol. The van der Waals surface area contributed by atoms with Gasteiger partial charge in [-0.3, -0.25) is 4.79 Å². The third kappa shape index (κ3) is 5.00. The second-order valence-corrected chi connectivity index (χ2v) is 9.77. The first-order chi connectivity index (χ1) is 11.1. The molecule has 0 radical (unpaired) electrons. The molecule has 2 fully saturated rings. The summed E-state index contributed by atoms with van der Waals surface area (Å²) >= 11 is 0. The zero-order valence-corrected chi connectivity index (χ0v) is 16.9. The van der Waals surface area contributed by atoms with Crippen LogP contribution in [0.3, 0.4) is 0 Å². The van der Waals surface area contributed by atoms with E-state index in [9.17, 15) is 4.79 Å². The van der Waals surface area contributed by atoms with Crippen LogP contribution < -0.4 is 0 Å². The minimum absolute atomic E-state index is 0.0176. The van der Waals surface area contributed by atoms with Crippen molar-refractivity contribution >= 4 is 13.4 Å². The zero-order chi connectivity index (χ0) is 18.0. The lowest BCUT2D eigenvalue weighted by atomic mass is 9.64. The number of carbonyl (C=O) groups excluding carboxylic acids is 1. The van der Waals surface area contributed by atoms with Gasteiger partial charge in [-0.05, 0) is 32.1 Å². The van der Waals surface area contributed by atoms with Crippen molar-refractivity contribution < 1.29 is 9.53 Å². The molecule has 2 aliphatic heterocycles. The molecule has 2 bridgehead atoms. The maximum atomic E-state index is 12.5. The minimum atomic E-state index is -0.0285. The Bertz CT molecular complexity index is 435. The van der Waals surface area contributed by atoms with Crippen LogP contribution in [-0.2, 0) is 9.53 Å². The van der Waals surface area contributed by atoms with Gasteiger partial charge in [0, 0.05) is 12.0 Å². The number of hydrogen-bond acceptors (Lipinski definition) is 3. The molecule has 3 atom stereocenters. The molecule has 24 heavy (non-hydrogen) atoms. The van der Waals surface area contributed by atoms with E-state index in [1.54, 1.807) is 0 Å². The second-order valence-electron chi connectivity index (χ2n) is 9.77. The van der Waals surface area contributed by atoms with Gasteiger partial charge >= 0.3 is 5.97 Å². The van der Waals surface area contributed by atoms with Crippen molar-refractivity contribution in [1.29, 1.82) is 0 Å². The number of nitrogens with zero attached hydrogens (tertiary/aromatic N) is 1. The monoisotopic (exact) mass is 335 g/mol. The van der Waals surface area contributed by atoms with Crippen LogP contribution in [0.5, 0.6) is 0 Å². The van der Waals surface area contributed by atoms with Crippen LogP contribution in [0, 0.1) is 5.41 Å². The Hall–Kier alpha value is -0.505. The van der Waals surface area contributed by atoms with Crippen LogP contribution in [0.2, 0.25) is 5.82 Å². The van der Waals surface area contributed by atoms with Crippen molar-refractivity contribution in [2.24, 2.45) is 5.41 Å². The third-order valence-electron chi connectivity index (χ3n) is 5.95. The van der Waals surface area contributed by atoms with Crippen molar-refractivity contribution in [2.45, 2.75) is 116 Å². The molecule has 0 N–H and O–H groups in total. The van der Waals surface area contributed by atoms with Gasteiger partial charge in [-0.1, -0.05) is 65.6 Å². The molecule has 2 rings (SSSR count). The SMILES string of the molecule is CCCCCCC(C)BN1C2CC(CC(C)(C)CC1(C)C)OC2=O. The van der Waals surface area contributed by atoms with Gasteiger partial charge in [-0.2, -0.15) is 0 Å². The summed E-state index contributed by atoms with van der Waals surface area (Å²) < 4.78 is 5.72. The fraction of sp³-hybridized carbons (Fsp3) is 0.950. The third-order valence-corrected chi connectivity index (χ3v) is 5.95. The van der Waals surface area contributed by atoms with Gasteiger partial charge in [0.1, 0.15) is 12.1 Å². The first kappa shape index (κ1) is 19.8. The topological polar surface area (TPSA) is 29.5 Å². The Kier molecular flexibility index (Phi) is 6.44. The van der Waals surface area contributed by atoms with Crippen LogP contribution in [0.1, 0.15) is 92.9 Å². The number of rotatable bonds is 7. The molecule has 2 saturated heterocycles. The number of carbonyl (C=O) groups is 1. The molecule has 3 unspecified atom stereocenters. The largest absolute Gasteiger partial charge is 0.461 e. The molecular formula is C20H38BNO2. The number of hydrogen-bond donors (Lipinski definition) is 0. The lowest BCUT2D eigenvalue weighted by Crippen LogP contribution is -2.56. The summed E-state index contributed by atoms with van der Waals surface area (Å²) in [6.45, 7) is 13.9. The Morgan fingerprint density at radius 3 is 2.62 bits per heavy atom. The zero-order valence-electron chi connectivity index (χ0n) is 16.9. The van der Waals surface area contributed by atoms with Gasteiger partial charge < -0.3 is 9.55 Å². The lowest BCUT2D eigenvalue weighted by molar-refractivity contribution is -0.144. The number of fused-ring (bicyclic) bond motifs is 2. The lowest BCUT2D eigenvalue weighted by Gasteiger charge is -2.47. The van der Waals surface area contributed by atoms with E-state index in [2.05, 4.69) is 46.4 Å². The van der Waals surface area contributed by atoms with Crippen molar-refractivity contribution in [3.8, 4) is 0 Å². The van der Waals surface area contributed by atoms with Gasteiger partial charge in [-0.25, -0.2) is 0 Å². The molecule has 0 spiro atoms. The van der Waals surface area contributed by atoms with Crippen LogP contribution in [0.4, 0.5) is 0 Å². The van der Waals surface area contributed by atoms with Gasteiger partial charge in [-0.15, -0.1) is 0 Å². The molecule has 2 heterocycles. The maximum Gasteiger partial charge on any atom is 0.322 e. The maximum absolute atomic E-state index is 12.5. The molecule has 0 aromatic carbocycles. The Morgan fingerprint density at radius 1 is 1.25 bits per heavy atom. The number of unbranched alkanes of at least 4 members (excludes halogenated alkanes) is 3. The molecule has 0 saturated carbocycles. The van der Waals surface area contributed by atoms with Crippen molar-refractivity contribution in [3.05, 3.63) is 0 Å². The summed E-state index contributed by atoms with van der Waals surface area (Å²) in [5.74, 6) is 0.652. The summed E-state index contributed by atoms with van der Waals surface area (Å²) in [7, 11) is 1.02. The van der Waals surface area contributed by atoms with Crippen molar-refractivity contribution in [1.82, 2.24) is 4.81 Å². The van der Waals surface area contributed by atoms with E-state index in [4.69, 9.17) is 4.74 Å². The Labute approximate surface area is 150 Å². The average molecular weight is 335 g/mol. The normalized spacial score (nSPS) is 30.3. The van der Waals surface area contributed by atoms with E-state index >= 15 is 0 Å². The summed E-state index contributed by atoms with van der Waals surface area (Å²) in [4.78, 5) is 15.0. The standard InChI is InChI=1S/C20H38BNO2/c1-7-8-9-10-11-15(2)21-22-17-12-16(24-18(17)23)13-19(3,4)14-20(22,5)6/h15-17,21H,7-14H2,1-6H3. The summed E-state index contributed by atoms with van der Waals surface area (Å²) in [5, 5.41) is 0. The molecule has 0 aromatic heterocycles. The predicted molar refractivity (Wildman–Crippen MR) is 103 cm³/mol. The van der Waals surface area contributed by atoms with Gasteiger partial charge in [0.25, 0.3) is 0 Å². The molecule has 138 valence electrons. The molecule has 4 heteroatoms. The van der Waals surface area contributed by atoms with Gasteiger partial charge in [0.05, 0.1) is 0 Å². The smallest absolute Gasteiger partial charge is 0.322 e. The first-order valence-electron chi connectivity index (χ1n) is 10.1. The highest BCUT2D eigenvalue weighted by Gasteiger charge is 2.49. The summed E-state index contributed by atoms with van der Waals surface area (Å²) in [6, 6.07) is -0.0285. The van der Waals surface area contributed by atoms with Crippen molar-refractivity contribution in [3.63, 3.8) is 0 Å². The van der Waals surface area contributed by atoms with Crippen LogP contribution in [0.15, 0.2) is 0 Å². The Balaban J connectivity index is 2.07. The van der Waals surface area contributed by atoms with Crippen LogP contribution in [0.25, 0.3) is 0 Å². The highest BCUT2D eigenvalue weighted by molar-refractivity contribution is 6.35. The highest BCUT2D eigenvalue weighted by Crippen LogP contribution is 2.43. The summed E-state index contributed by atoms with van der Waals surface area (Å²) in [5.41, 5.74) is 0.256. The van der Waals surface area contributed by atoms with E-state index in [-0.39, 0.29) is 29.1 Å². The van der Waals surface area contributed by atoms with Crippen molar-refractivity contribution in [2.75, 3.05) is 0 Å². The van der Waals surface area contributed by atoms with Crippen LogP contribution >= 0.6 is 0 Å². The summed E-state index contributed by atoms with van der Waals surface area (Å²) in [6.07, 6.45) is 9.67. The molecule has 0 aliphatic carbocycles. The van der Waals surface area contributed by atoms with E-state index in [0.29, 0.717) is 5.82 Å². The fourth-order valence-corrected chi connectivity index (χ4v) is 5.12. The first-order valence-corrected chi connectivity index (χ1v) is 10.1. The second kappa shape index (κ2) is 7.80. The van der Waals surface area contributed by atoms with Gasteiger partial charge in [0.15, 0.2) is 0 Å². The quantitative estimate of drug-likeness (QED) is 0.384. The van der Waals surface area contributed by atoms with E-state index in [0.717, 1.165) is 26.7 Å². The van der Waals surface area contributed by atoms with Gasteiger partial charge in [0.2, 0.25) is 7.41 Å². The molecule has 0 amide bonds. The fourth-order valence-electron chi connectivity index (χ4n) is 5.12. The Morgan fingerprint density at radius 2 is 1.96 bits per heavy atom. The predicted octanol–water partition coefficient (Wildman–Crippen LogP) is 4.70. The average Bonchev–Trinajstić information content (AvgIpc) is 2.78. The molecule has 3 nitrogen and oxygen atoms in total. The minimum Gasteiger partial charge on any atom is -0.461 e. The van der Waals surface area contributed by atoms with E-state index in [1.807, 2.05) is 0 Å².